The number of thioether (sulfide) groups is 1. The highest BCUT2D eigenvalue weighted by atomic mass is 35.5. The summed E-state index contributed by atoms with van der Waals surface area (Å²) in [6.45, 7) is 4.06. The number of halogens is 1. The highest BCUT2D eigenvalue weighted by Crippen LogP contribution is 2.26. The summed E-state index contributed by atoms with van der Waals surface area (Å²) in [5, 5.41) is 5.37. The average molecular weight is 357 g/mol. The molecule has 1 heterocycles. The quantitative estimate of drug-likeness (QED) is 0.650. The molecular weight excluding hydrogens is 340 g/mol. The number of para-hydroxylation sites is 2. The lowest BCUT2D eigenvalue weighted by Crippen LogP contribution is -2.14. The Kier molecular flexibility index (Phi) is 5.07. The minimum Gasteiger partial charge on any atom is -0.324 e. The van der Waals surface area contributed by atoms with Crippen molar-refractivity contribution < 1.29 is 4.79 Å². The molecule has 0 unspecified atom stereocenters. The molecule has 0 atom stereocenters. The van der Waals surface area contributed by atoms with Crippen LogP contribution in [0.1, 0.15) is 11.1 Å². The minimum absolute atomic E-state index is 0.0980. The molecule has 0 aliphatic rings. The van der Waals surface area contributed by atoms with Crippen molar-refractivity contribution in [2.24, 2.45) is 0 Å². The molecule has 1 N–H and O–H groups in total. The van der Waals surface area contributed by atoms with E-state index in [1.807, 2.05) is 38.1 Å². The van der Waals surface area contributed by atoms with Gasteiger partial charge in [-0.05, 0) is 43.2 Å². The Morgan fingerprint density at radius 2 is 1.92 bits per heavy atom. The summed E-state index contributed by atoms with van der Waals surface area (Å²) in [5.74, 6) is 0.190. The van der Waals surface area contributed by atoms with Gasteiger partial charge < -0.3 is 5.32 Å². The summed E-state index contributed by atoms with van der Waals surface area (Å²) in [4.78, 5) is 16.9. The smallest absolute Gasteiger partial charge is 0.234 e. The molecule has 2 aromatic carbocycles. The van der Waals surface area contributed by atoms with Gasteiger partial charge in [0.1, 0.15) is 5.03 Å². The number of carbonyl (C=O) groups excluding carboxylic acids is 1. The number of hydrogen-bond acceptors (Lipinski definition) is 3. The van der Waals surface area contributed by atoms with Gasteiger partial charge in [-0.2, -0.15) is 0 Å². The second kappa shape index (κ2) is 7.24. The molecule has 1 aromatic heterocycles. The SMILES string of the molecule is Cc1cc2cccc(C)c2nc1SCC(=O)Nc1ccccc1Cl. The van der Waals surface area contributed by atoms with E-state index in [2.05, 4.69) is 17.4 Å². The molecule has 3 nitrogen and oxygen atoms in total. The summed E-state index contributed by atoms with van der Waals surface area (Å²) in [6, 6.07) is 15.5. The van der Waals surface area contributed by atoms with Gasteiger partial charge in [0.2, 0.25) is 5.91 Å². The van der Waals surface area contributed by atoms with Crippen LogP contribution in [-0.2, 0) is 4.79 Å². The van der Waals surface area contributed by atoms with Gasteiger partial charge in [0.15, 0.2) is 0 Å². The predicted molar refractivity (Wildman–Crippen MR) is 102 cm³/mol. The van der Waals surface area contributed by atoms with Crippen LogP contribution in [0.15, 0.2) is 53.6 Å². The van der Waals surface area contributed by atoms with Gasteiger partial charge >= 0.3 is 0 Å². The number of benzene rings is 2. The molecule has 1 amide bonds. The molecule has 3 aromatic rings. The number of aromatic nitrogens is 1. The van der Waals surface area contributed by atoms with Gasteiger partial charge in [0, 0.05) is 5.39 Å². The molecule has 0 fully saturated rings. The van der Waals surface area contributed by atoms with E-state index in [-0.39, 0.29) is 11.7 Å². The van der Waals surface area contributed by atoms with Gasteiger partial charge in [0.25, 0.3) is 0 Å². The van der Waals surface area contributed by atoms with Crippen LogP contribution in [-0.4, -0.2) is 16.6 Å². The van der Waals surface area contributed by atoms with Crippen LogP contribution in [0.3, 0.4) is 0 Å². The second-order valence-electron chi connectivity index (χ2n) is 5.57. The first-order chi connectivity index (χ1) is 11.5. The zero-order chi connectivity index (χ0) is 17.1. The summed E-state index contributed by atoms with van der Waals surface area (Å²) >= 11 is 7.50. The Morgan fingerprint density at radius 3 is 2.71 bits per heavy atom. The number of fused-ring (bicyclic) bond motifs is 1. The van der Waals surface area contributed by atoms with Crippen LogP contribution in [0.2, 0.25) is 5.02 Å². The van der Waals surface area contributed by atoms with Gasteiger partial charge in [-0.3, -0.25) is 4.79 Å². The number of rotatable bonds is 4. The summed E-state index contributed by atoms with van der Waals surface area (Å²) in [6.07, 6.45) is 0. The fourth-order valence-electron chi connectivity index (χ4n) is 2.46. The highest BCUT2D eigenvalue weighted by molar-refractivity contribution is 8.00. The maximum absolute atomic E-state index is 12.2. The zero-order valence-electron chi connectivity index (χ0n) is 13.5. The van der Waals surface area contributed by atoms with E-state index < -0.39 is 0 Å². The summed E-state index contributed by atoms with van der Waals surface area (Å²) < 4.78 is 0. The standard InChI is InChI=1S/C19H17ClN2OS/c1-12-6-5-7-14-10-13(2)19(22-18(12)14)24-11-17(23)21-16-9-4-3-8-15(16)20/h3-10H,11H2,1-2H3,(H,21,23). The first kappa shape index (κ1) is 16.8. The maximum atomic E-state index is 12.2. The third-order valence-corrected chi connectivity index (χ3v) is 5.10. The summed E-state index contributed by atoms with van der Waals surface area (Å²) in [5.41, 5.74) is 3.82. The number of nitrogens with zero attached hydrogens (tertiary/aromatic N) is 1. The van der Waals surface area contributed by atoms with Crippen molar-refractivity contribution in [3.05, 3.63) is 64.7 Å². The number of pyridine rings is 1. The molecule has 122 valence electrons. The lowest BCUT2D eigenvalue weighted by molar-refractivity contribution is -0.113. The number of aryl methyl sites for hydroxylation is 2. The van der Waals surface area contributed by atoms with Crippen LogP contribution in [0.4, 0.5) is 5.69 Å². The molecule has 0 aliphatic carbocycles. The largest absolute Gasteiger partial charge is 0.324 e. The zero-order valence-corrected chi connectivity index (χ0v) is 15.0. The van der Waals surface area contributed by atoms with Crippen molar-refractivity contribution in [1.82, 2.24) is 4.98 Å². The second-order valence-corrected chi connectivity index (χ2v) is 6.94. The molecular formula is C19H17ClN2OS. The first-order valence-electron chi connectivity index (χ1n) is 7.59. The first-order valence-corrected chi connectivity index (χ1v) is 8.95. The monoisotopic (exact) mass is 356 g/mol. The van der Waals surface area contributed by atoms with Crippen molar-refractivity contribution in [3.8, 4) is 0 Å². The van der Waals surface area contributed by atoms with Crippen LogP contribution in [0.5, 0.6) is 0 Å². The van der Waals surface area contributed by atoms with Gasteiger partial charge in [-0.15, -0.1) is 0 Å². The van der Waals surface area contributed by atoms with Crippen LogP contribution in [0.25, 0.3) is 10.9 Å². The van der Waals surface area contributed by atoms with E-state index in [4.69, 9.17) is 16.6 Å². The highest BCUT2D eigenvalue weighted by Gasteiger charge is 2.10. The number of anilines is 1. The molecule has 24 heavy (non-hydrogen) atoms. The molecule has 0 radical (unpaired) electrons. The van der Waals surface area contributed by atoms with E-state index in [0.717, 1.165) is 27.1 Å². The number of amides is 1. The molecule has 0 saturated heterocycles. The normalized spacial score (nSPS) is 10.8. The molecule has 3 rings (SSSR count). The topological polar surface area (TPSA) is 42.0 Å². The molecule has 0 aliphatic heterocycles. The van der Waals surface area contributed by atoms with Crippen molar-refractivity contribution in [2.75, 3.05) is 11.1 Å². The van der Waals surface area contributed by atoms with Gasteiger partial charge in [-0.25, -0.2) is 4.98 Å². The molecule has 0 spiro atoms. The third-order valence-electron chi connectivity index (χ3n) is 3.68. The Balaban J connectivity index is 1.73. The Hall–Kier alpha value is -2.04. The van der Waals surface area contributed by atoms with Crippen LogP contribution < -0.4 is 5.32 Å². The van der Waals surface area contributed by atoms with Crippen molar-refractivity contribution in [2.45, 2.75) is 18.9 Å². The molecule has 0 saturated carbocycles. The fraction of sp³-hybridized carbons (Fsp3) is 0.158. The minimum atomic E-state index is -0.0980. The van der Waals surface area contributed by atoms with E-state index in [0.29, 0.717) is 10.7 Å². The molecule has 0 bridgehead atoms. The fourth-order valence-corrected chi connectivity index (χ4v) is 3.43. The summed E-state index contributed by atoms with van der Waals surface area (Å²) in [7, 11) is 0. The van der Waals surface area contributed by atoms with E-state index >= 15 is 0 Å². The van der Waals surface area contributed by atoms with Gasteiger partial charge in [0.05, 0.1) is 22.0 Å². The Labute approximate surface area is 150 Å². The molecule has 5 heteroatoms. The van der Waals surface area contributed by atoms with E-state index in [1.54, 1.807) is 12.1 Å². The lowest BCUT2D eigenvalue weighted by Gasteiger charge is -2.09. The maximum Gasteiger partial charge on any atom is 0.234 e. The van der Waals surface area contributed by atoms with E-state index in [1.165, 1.54) is 11.8 Å². The van der Waals surface area contributed by atoms with Crippen LogP contribution >= 0.6 is 23.4 Å². The lowest BCUT2D eigenvalue weighted by atomic mass is 10.1. The van der Waals surface area contributed by atoms with Crippen LogP contribution in [0, 0.1) is 13.8 Å². The van der Waals surface area contributed by atoms with Crippen molar-refractivity contribution in [1.29, 1.82) is 0 Å². The number of hydrogen-bond donors (Lipinski definition) is 1. The van der Waals surface area contributed by atoms with E-state index in [9.17, 15) is 4.79 Å². The Morgan fingerprint density at radius 1 is 1.12 bits per heavy atom. The van der Waals surface area contributed by atoms with Crippen molar-refractivity contribution in [3.63, 3.8) is 0 Å². The average Bonchev–Trinajstić information content (AvgIpc) is 2.55. The van der Waals surface area contributed by atoms with Crippen molar-refractivity contribution >= 4 is 45.9 Å². The number of nitrogens with one attached hydrogen (secondary N) is 1. The Bertz CT molecular complexity index is 911. The third kappa shape index (κ3) is 3.71. The number of carbonyl (C=O) groups is 1. The van der Waals surface area contributed by atoms with Gasteiger partial charge in [-0.1, -0.05) is 53.7 Å². The predicted octanol–water partition coefficient (Wildman–Crippen LogP) is 5.24.